The van der Waals surface area contributed by atoms with E-state index in [9.17, 15) is 4.79 Å². The zero-order valence-corrected chi connectivity index (χ0v) is 13.2. The molecule has 0 aromatic heterocycles. The van der Waals surface area contributed by atoms with Gasteiger partial charge in [0.25, 0.3) is 0 Å². The predicted molar refractivity (Wildman–Crippen MR) is 80.7 cm³/mol. The summed E-state index contributed by atoms with van der Waals surface area (Å²) in [6.45, 7) is 6.29. The van der Waals surface area contributed by atoms with Crippen LogP contribution in [-0.4, -0.2) is 11.2 Å². The van der Waals surface area contributed by atoms with Crippen molar-refractivity contribution in [1.29, 1.82) is 0 Å². The summed E-state index contributed by atoms with van der Waals surface area (Å²) in [5, 5.41) is 0.502. The van der Waals surface area contributed by atoms with Gasteiger partial charge >= 0.3 is 5.97 Å². The summed E-state index contributed by atoms with van der Waals surface area (Å²) >= 11 is 1.41. The van der Waals surface area contributed by atoms with E-state index >= 15 is 0 Å². The topological polar surface area (TPSA) is 26.3 Å². The van der Waals surface area contributed by atoms with Gasteiger partial charge in [0.15, 0.2) is 0 Å². The van der Waals surface area contributed by atoms with Crippen molar-refractivity contribution < 1.29 is 8.98 Å². The van der Waals surface area contributed by atoms with Crippen LogP contribution < -0.4 is 0 Å². The third kappa shape index (κ3) is 10.9. The predicted octanol–water partition coefficient (Wildman–Crippen LogP) is 5.51. The molecule has 0 fully saturated rings. The average Bonchev–Trinajstić information content (AvgIpc) is 2.40. The zero-order chi connectivity index (χ0) is 13.6. The maximum atomic E-state index is 11.2. The van der Waals surface area contributed by atoms with Crippen molar-refractivity contribution in [3.8, 4) is 0 Å². The Labute approximate surface area is 117 Å². The zero-order valence-electron chi connectivity index (χ0n) is 12.4. The van der Waals surface area contributed by atoms with E-state index in [-0.39, 0.29) is 5.97 Å². The number of hydrogen-bond acceptors (Lipinski definition) is 3. The summed E-state index contributed by atoms with van der Waals surface area (Å²) in [5.41, 5.74) is 0. The van der Waals surface area contributed by atoms with Crippen LogP contribution in [0.1, 0.15) is 85.0 Å². The molecule has 18 heavy (non-hydrogen) atoms. The second kappa shape index (κ2) is 13.3. The van der Waals surface area contributed by atoms with E-state index in [0.29, 0.717) is 11.7 Å². The van der Waals surface area contributed by atoms with Gasteiger partial charge in [0.1, 0.15) is 0 Å². The van der Waals surface area contributed by atoms with E-state index < -0.39 is 0 Å². The maximum absolute atomic E-state index is 11.2. The number of hydrogen-bond donors (Lipinski definition) is 0. The molecule has 0 aliphatic carbocycles. The number of carbonyl (C=O) groups excluding carboxylic acids is 1. The summed E-state index contributed by atoms with van der Waals surface area (Å²) < 4.78 is 5.21. The van der Waals surface area contributed by atoms with Crippen molar-refractivity contribution in [3.05, 3.63) is 0 Å². The van der Waals surface area contributed by atoms with E-state index in [1.54, 1.807) is 0 Å². The van der Waals surface area contributed by atoms with Crippen molar-refractivity contribution in [2.24, 2.45) is 0 Å². The Balaban J connectivity index is 3.72. The molecule has 0 saturated carbocycles. The first kappa shape index (κ1) is 17.8. The summed E-state index contributed by atoms with van der Waals surface area (Å²) in [5.74, 6) is -0.0903. The monoisotopic (exact) mass is 274 g/mol. The van der Waals surface area contributed by atoms with Gasteiger partial charge in [-0.3, -0.25) is 4.79 Å². The second-order valence-electron chi connectivity index (χ2n) is 4.87. The Morgan fingerprint density at radius 1 is 0.944 bits per heavy atom. The highest BCUT2D eigenvalue weighted by atomic mass is 32.2. The lowest BCUT2D eigenvalue weighted by Gasteiger charge is -2.14. The lowest BCUT2D eigenvalue weighted by molar-refractivity contribution is -0.132. The molecule has 0 bridgehead atoms. The van der Waals surface area contributed by atoms with Gasteiger partial charge in [-0.05, 0) is 12.8 Å². The first-order chi connectivity index (χ1) is 8.74. The highest BCUT2D eigenvalue weighted by Crippen LogP contribution is 2.24. The first-order valence-corrected chi connectivity index (χ1v) is 8.41. The van der Waals surface area contributed by atoms with E-state index in [4.69, 9.17) is 4.18 Å². The average molecular weight is 274 g/mol. The fourth-order valence-electron chi connectivity index (χ4n) is 1.83. The number of carbonyl (C=O) groups is 1. The molecule has 2 nitrogen and oxygen atoms in total. The molecule has 3 heteroatoms. The summed E-state index contributed by atoms with van der Waals surface area (Å²) in [7, 11) is 0. The van der Waals surface area contributed by atoms with Gasteiger partial charge in [0, 0.05) is 11.7 Å². The van der Waals surface area contributed by atoms with Crippen LogP contribution in [0.25, 0.3) is 0 Å². The van der Waals surface area contributed by atoms with Gasteiger partial charge < -0.3 is 4.18 Å². The molecular formula is C15H30O2S. The van der Waals surface area contributed by atoms with Crippen molar-refractivity contribution in [2.45, 2.75) is 90.2 Å². The molecule has 1 unspecified atom stereocenters. The second-order valence-corrected chi connectivity index (χ2v) is 5.90. The third-order valence-electron chi connectivity index (χ3n) is 3.08. The molecule has 0 heterocycles. The van der Waals surface area contributed by atoms with Crippen LogP contribution >= 0.6 is 12.0 Å². The standard InChI is InChI=1S/C15H30O2S/c1-4-7-9-10-11-13-14(12-8-5-2)18-17-15(16)6-3/h14H,4-13H2,1-3H3. The number of unbranched alkanes of at least 4 members (excludes halogenated alkanes) is 5. The normalized spacial score (nSPS) is 12.4. The van der Waals surface area contributed by atoms with Crippen LogP contribution in [0.15, 0.2) is 0 Å². The molecule has 1 atom stereocenters. The van der Waals surface area contributed by atoms with E-state index in [0.717, 1.165) is 0 Å². The Kier molecular flexibility index (Phi) is 13.1. The van der Waals surface area contributed by atoms with Gasteiger partial charge in [-0.25, -0.2) is 0 Å². The van der Waals surface area contributed by atoms with Crippen LogP contribution in [0.3, 0.4) is 0 Å². The van der Waals surface area contributed by atoms with Crippen LogP contribution in [0.4, 0.5) is 0 Å². The lowest BCUT2D eigenvalue weighted by Crippen LogP contribution is -2.06. The van der Waals surface area contributed by atoms with Gasteiger partial charge in [0.05, 0.1) is 12.0 Å². The van der Waals surface area contributed by atoms with Gasteiger partial charge in [-0.1, -0.05) is 65.7 Å². The SMILES string of the molecule is CCCCCCCC(CCCC)SOC(=O)CC. The van der Waals surface area contributed by atoms with Crippen LogP contribution in [0.5, 0.6) is 0 Å². The van der Waals surface area contributed by atoms with Crippen molar-refractivity contribution >= 4 is 18.0 Å². The largest absolute Gasteiger partial charge is 0.391 e. The minimum Gasteiger partial charge on any atom is -0.391 e. The summed E-state index contributed by atoms with van der Waals surface area (Å²) in [6.07, 6.45) is 11.9. The van der Waals surface area contributed by atoms with Gasteiger partial charge in [-0.2, -0.15) is 0 Å². The fourth-order valence-corrected chi connectivity index (χ4v) is 2.72. The van der Waals surface area contributed by atoms with E-state index in [2.05, 4.69) is 13.8 Å². The highest BCUT2D eigenvalue weighted by molar-refractivity contribution is 7.95. The molecule has 0 aliphatic heterocycles. The fraction of sp³-hybridized carbons (Fsp3) is 0.933. The Morgan fingerprint density at radius 3 is 2.17 bits per heavy atom. The van der Waals surface area contributed by atoms with Crippen molar-refractivity contribution in [1.82, 2.24) is 0 Å². The third-order valence-corrected chi connectivity index (χ3v) is 4.10. The lowest BCUT2D eigenvalue weighted by atomic mass is 10.1. The minimum atomic E-state index is -0.0903. The minimum absolute atomic E-state index is 0.0903. The molecule has 0 aromatic carbocycles. The molecule has 0 amide bonds. The van der Waals surface area contributed by atoms with Gasteiger partial charge in [0.2, 0.25) is 0 Å². The Bertz CT molecular complexity index is 195. The summed E-state index contributed by atoms with van der Waals surface area (Å²) in [4.78, 5) is 11.2. The summed E-state index contributed by atoms with van der Waals surface area (Å²) in [6, 6.07) is 0. The van der Waals surface area contributed by atoms with Crippen LogP contribution in [0, 0.1) is 0 Å². The van der Waals surface area contributed by atoms with Gasteiger partial charge in [-0.15, -0.1) is 0 Å². The van der Waals surface area contributed by atoms with Crippen molar-refractivity contribution in [3.63, 3.8) is 0 Å². The smallest absolute Gasteiger partial charge is 0.317 e. The Hall–Kier alpha value is -0.180. The molecule has 0 radical (unpaired) electrons. The molecule has 0 N–H and O–H groups in total. The first-order valence-electron chi connectivity index (χ1n) is 7.60. The Morgan fingerprint density at radius 2 is 1.56 bits per heavy atom. The highest BCUT2D eigenvalue weighted by Gasteiger charge is 2.12. The molecule has 0 saturated heterocycles. The molecule has 0 aliphatic rings. The van der Waals surface area contributed by atoms with E-state index in [1.165, 1.54) is 69.8 Å². The molecular weight excluding hydrogens is 244 g/mol. The maximum Gasteiger partial charge on any atom is 0.317 e. The van der Waals surface area contributed by atoms with E-state index in [1.807, 2.05) is 6.92 Å². The quantitative estimate of drug-likeness (QED) is 0.347. The molecule has 0 spiro atoms. The molecule has 108 valence electrons. The van der Waals surface area contributed by atoms with Crippen LogP contribution in [-0.2, 0) is 8.98 Å². The molecule has 0 rings (SSSR count). The number of rotatable bonds is 12. The van der Waals surface area contributed by atoms with Crippen LogP contribution in [0.2, 0.25) is 0 Å². The molecule has 0 aromatic rings. The van der Waals surface area contributed by atoms with Crippen molar-refractivity contribution in [2.75, 3.05) is 0 Å².